The highest BCUT2D eigenvalue weighted by molar-refractivity contribution is 7.80. The van der Waals surface area contributed by atoms with Crippen molar-refractivity contribution in [1.82, 2.24) is 25.9 Å². The van der Waals surface area contributed by atoms with E-state index in [2.05, 4.69) is 21.3 Å². The predicted octanol–water partition coefficient (Wildman–Crippen LogP) is 1.29. The van der Waals surface area contributed by atoms with Gasteiger partial charge in [-0.25, -0.2) is 0 Å². The van der Waals surface area contributed by atoms with Gasteiger partial charge in [-0.05, 0) is 30.8 Å². The van der Waals surface area contributed by atoms with Crippen LogP contribution in [0.5, 0.6) is 0 Å². The molecule has 2 rings (SSSR count). The molecule has 1 atom stereocenters. The molecule has 1 aromatic heterocycles. The Hall–Kier alpha value is -2.41. The van der Waals surface area contributed by atoms with Gasteiger partial charge in [0.25, 0.3) is 5.91 Å². The van der Waals surface area contributed by atoms with Crippen molar-refractivity contribution in [1.29, 1.82) is 0 Å². The van der Waals surface area contributed by atoms with Crippen LogP contribution < -0.4 is 16.2 Å². The molecule has 1 unspecified atom stereocenters. The fraction of sp³-hybridized carbons (Fsp3) is 0.214. The normalized spacial score (nSPS) is 11.5. The van der Waals surface area contributed by atoms with Crippen LogP contribution in [0.25, 0.3) is 0 Å². The van der Waals surface area contributed by atoms with E-state index in [9.17, 15) is 4.79 Å². The van der Waals surface area contributed by atoms with Gasteiger partial charge in [-0.1, -0.05) is 30.3 Å². The van der Waals surface area contributed by atoms with E-state index in [1.165, 1.54) is 4.68 Å². The molecular formula is C14H17N5OS. The third-order valence-corrected chi connectivity index (χ3v) is 3.21. The zero-order valence-electron chi connectivity index (χ0n) is 11.8. The monoisotopic (exact) mass is 303 g/mol. The summed E-state index contributed by atoms with van der Waals surface area (Å²) in [6.45, 7) is 1.99. The highest BCUT2D eigenvalue weighted by Gasteiger charge is 2.10. The fourth-order valence-electron chi connectivity index (χ4n) is 1.83. The lowest BCUT2D eigenvalue weighted by Crippen LogP contribution is -2.47. The van der Waals surface area contributed by atoms with Crippen molar-refractivity contribution in [3.8, 4) is 0 Å². The van der Waals surface area contributed by atoms with Crippen LogP contribution in [0.15, 0.2) is 42.6 Å². The number of amides is 1. The number of rotatable bonds is 3. The van der Waals surface area contributed by atoms with Crippen molar-refractivity contribution in [3.05, 3.63) is 53.9 Å². The lowest BCUT2D eigenvalue weighted by atomic mass is 10.1. The summed E-state index contributed by atoms with van der Waals surface area (Å²) >= 11 is 5.15. The van der Waals surface area contributed by atoms with Crippen molar-refractivity contribution >= 4 is 23.2 Å². The van der Waals surface area contributed by atoms with Gasteiger partial charge in [-0.3, -0.25) is 20.3 Å². The number of carbonyl (C=O) groups excluding carboxylic acids is 1. The number of benzene rings is 1. The molecule has 0 fully saturated rings. The number of aryl methyl sites for hydroxylation is 1. The topological polar surface area (TPSA) is 71.0 Å². The molecule has 3 N–H and O–H groups in total. The molecule has 1 amide bonds. The zero-order chi connectivity index (χ0) is 15.2. The second-order valence-corrected chi connectivity index (χ2v) is 4.93. The molecule has 0 saturated heterocycles. The minimum absolute atomic E-state index is 0.0415. The number of thiocarbonyl (C=S) groups is 1. The standard InChI is InChI=1S/C14H17N5OS/c1-10(11-6-4-3-5-7-11)16-14(21)18-17-13(20)12-8-9-15-19(12)2/h3-10H,1-2H3,(H,17,20)(H2,16,18,21). The molecule has 0 aliphatic carbocycles. The van der Waals surface area contributed by atoms with E-state index >= 15 is 0 Å². The van der Waals surface area contributed by atoms with Crippen molar-refractivity contribution in [2.24, 2.45) is 7.05 Å². The first-order chi connectivity index (χ1) is 10.1. The highest BCUT2D eigenvalue weighted by atomic mass is 32.1. The highest BCUT2D eigenvalue weighted by Crippen LogP contribution is 2.10. The average Bonchev–Trinajstić information content (AvgIpc) is 2.92. The number of aromatic nitrogens is 2. The first-order valence-electron chi connectivity index (χ1n) is 6.47. The summed E-state index contributed by atoms with van der Waals surface area (Å²) in [7, 11) is 1.70. The lowest BCUT2D eigenvalue weighted by molar-refractivity contribution is 0.0934. The molecule has 0 saturated carbocycles. The van der Waals surface area contributed by atoms with Crippen LogP contribution in [-0.4, -0.2) is 20.8 Å². The summed E-state index contributed by atoms with van der Waals surface area (Å²) in [5.41, 5.74) is 6.76. The molecule has 6 nitrogen and oxygen atoms in total. The van der Waals surface area contributed by atoms with E-state index in [1.54, 1.807) is 19.3 Å². The van der Waals surface area contributed by atoms with Crippen LogP contribution in [0, 0.1) is 0 Å². The summed E-state index contributed by atoms with van der Waals surface area (Å²) in [6.07, 6.45) is 1.56. The number of hydrazine groups is 1. The number of carbonyl (C=O) groups is 1. The van der Waals surface area contributed by atoms with Gasteiger partial charge in [-0.2, -0.15) is 5.10 Å². The maximum Gasteiger partial charge on any atom is 0.287 e. The maximum atomic E-state index is 11.9. The second-order valence-electron chi connectivity index (χ2n) is 4.53. The molecule has 110 valence electrons. The van der Waals surface area contributed by atoms with Gasteiger partial charge in [0.2, 0.25) is 0 Å². The number of nitrogens with one attached hydrogen (secondary N) is 3. The van der Waals surface area contributed by atoms with Gasteiger partial charge in [0, 0.05) is 13.2 Å². The molecular weight excluding hydrogens is 286 g/mol. The molecule has 0 spiro atoms. The maximum absolute atomic E-state index is 11.9. The van der Waals surface area contributed by atoms with Crippen molar-refractivity contribution in [3.63, 3.8) is 0 Å². The first-order valence-corrected chi connectivity index (χ1v) is 6.88. The summed E-state index contributed by atoms with van der Waals surface area (Å²) < 4.78 is 1.49. The fourth-order valence-corrected chi connectivity index (χ4v) is 2.06. The van der Waals surface area contributed by atoms with Crippen molar-refractivity contribution < 1.29 is 4.79 Å². The summed E-state index contributed by atoms with van der Waals surface area (Å²) in [4.78, 5) is 11.9. The second kappa shape index (κ2) is 6.85. The minimum atomic E-state index is -0.300. The molecule has 0 aliphatic rings. The van der Waals surface area contributed by atoms with Crippen molar-refractivity contribution in [2.45, 2.75) is 13.0 Å². The third kappa shape index (κ3) is 4.03. The van der Waals surface area contributed by atoms with E-state index < -0.39 is 0 Å². The largest absolute Gasteiger partial charge is 0.355 e. The summed E-state index contributed by atoms with van der Waals surface area (Å²) in [5.74, 6) is -0.300. The van der Waals surface area contributed by atoms with Gasteiger partial charge in [0.1, 0.15) is 5.69 Å². The van der Waals surface area contributed by atoms with Gasteiger partial charge in [0.05, 0.1) is 6.04 Å². The molecule has 1 aromatic carbocycles. The van der Waals surface area contributed by atoms with E-state index in [1.807, 2.05) is 37.3 Å². The molecule has 1 heterocycles. The Morgan fingerprint density at radius 2 is 1.95 bits per heavy atom. The Morgan fingerprint density at radius 1 is 1.24 bits per heavy atom. The Morgan fingerprint density at radius 3 is 2.57 bits per heavy atom. The van der Waals surface area contributed by atoms with E-state index in [4.69, 9.17) is 12.2 Å². The van der Waals surface area contributed by atoms with Crippen LogP contribution >= 0.6 is 12.2 Å². The van der Waals surface area contributed by atoms with Gasteiger partial charge in [-0.15, -0.1) is 0 Å². The molecule has 7 heteroatoms. The number of nitrogens with zero attached hydrogens (tertiary/aromatic N) is 2. The third-order valence-electron chi connectivity index (χ3n) is 2.99. The summed E-state index contributed by atoms with van der Waals surface area (Å²) in [5, 5.41) is 7.38. The Bertz CT molecular complexity index is 625. The van der Waals surface area contributed by atoms with E-state index in [0.717, 1.165) is 5.56 Å². The van der Waals surface area contributed by atoms with Crippen molar-refractivity contribution in [2.75, 3.05) is 0 Å². The van der Waals surface area contributed by atoms with Crippen LogP contribution in [0.2, 0.25) is 0 Å². The first kappa shape index (κ1) is 15.0. The molecule has 0 aliphatic heterocycles. The Balaban J connectivity index is 1.83. The molecule has 0 radical (unpaired) electrons. The molecule has 2 aromatic rings. The van der Waals surface area contributed by atoms with Gasteiger partial charge in [0.15, 0.2) is 5.11 Å². The predicted molar refractivity (Wildman–Crippen MR) is 84.4 cm³/mol. The Kier molecular flexibility index (Phi) is 4.89. The van der Waals surface area contributed by atoms with Crippen LogP contribution in [0.1, 0.15) is 29.0 Å². The SMILES string of the molecule is CC(NC(=S)NNC(=O)c1ccnn1C)c1ccccc1. The Labute approximate surface area is 128 Å². The quantitative estimate of drug-likeness (QED) is 0.589. The minimum Gasteiger partial charge on any atom is -0.355 e. The van der Waals surface area contributed by atoms with E-state index in [0.29, 0.717) is 10.8 Å². The molecule has 0 bridgehead atoms. The lowest BCUT2D eigenvalue weighted by Gasteiger charge is -2.17. The number of hydrogen-bond acceptors (Lipinski definition) is 3. The smallest absolute Gasteiger partial charge is 0.287 e. The average molecular weight is 303 g/mol. The van der Waals surface area contributed by atoms with Crippen LogP contribution in [0.4, 0.5) is 0 Å². The van der Waals surface area contributed by atoms with E-state index in [-0.39, 0.29) is 11.9 Å². The van der Waals surface area contributed by atoms with Crippen LogP contribution in [0.3, 0.4) is 0 Å². The summed E-state index contributed by atoms with van der Waals surface area (Å²) in [6, 6.07) is 11.6. The van der Waals surface area contributed by atoms with Gasteiger partial charge < -0.3 is 5.32 Å². The van der Waals surface area contributed by atoms with Gasteiger partial charge >= 0.3 is 0 Å². The zero-order valence-corrected chi connectivity index (χ0v) is 12.6. The molecule has 21 heavy (non-hydrogen) atoms. The number of hydrogen-bond donors (Lipinski definition) is 3. The van der Waals surface area contributed by atoms with Crippen LogP contribution in [-0.2, 0) is 7.05 Å².